The maximum atomic E-state index is 10.9. The molecule has 0 fully saturated rings. The summed E-state index contributed by atoms with van der Waals surface area (Å²) in [5.74, 6) is -1.01. The molecule has 0 aromatic heterocycles. The minimum absolute atomic E-state index is 0.284. The first-order chi connectivity index (χ1) is 7.74. The Bertz CT molecular complexity index is 311. The van der Waals surface area contributed by atoms with Crippen LogP contribution in [-0.2, 0) is 11.2 Å². The fraction of sp³-hybridized carbons (Fsp3) is 0.462. The fourth-order valence-corrected chi connectivity index (χ4v) is 1.79. The normalized spacial score (nSPS) is 12.3. The molecule has 0 saturated heterocycles. The van der Waals surface area contributed by atoms with Gasteiger partial charge >= 0.3 is 5.97 Å². The van der Waals surface area contributed by atoms with Crippen molar-refractivity contribution in [3.8, 4) is 0 Å². The number of hydrogen-bond acceptors (Lipinski definition) is 2. The molecule has 0 bridgehead atoms. The van der Waals surface area contributed by atoms with Crippen molar-refractivity contribution in [1.82, 2.24) is 0 Å². The first-order valence-corrected chi connectivity index (χ1v) is 5.71. The molecule has 3 N–H and O–H groups in total. The van der Waals surface area contributed by atoms with Crippen LogP contribution in [0.1, 0.15) is 24.8 Å². The Kier molecular flexibility index (Phi) is 5.57. The Morgan fingerprint density at radius 1 is 1.25 bits per heavy atom. The molecular formula is C13H19NO2. The average Bonchev–Trinajstić information content (AvgIpc) is 2.29. The lowest BCUT2D eigenvalue weighted by Crippen LogP contribution is -2.18. The van der Waals surface area contributed by atoms with Crippen molar-refractivity contribution in [2.45, 2.75) is 25.7 Å². The number of carboxylic acid groups (broad SMARTS) is 1. The largest absolute Gasteiger partial charge is 0.481 e. The van der Waals surface area contributed by atoms with Crippen LogP contribution in [0.15, 0.2) is 30.3 Å². The molecule has 0 heterocycles. The van der Waals surface area contributed by atoms with Gasteiger partial charge in [0.1, 0.15) is 0 Å². The lowest BCUT2D eigenvalue weighted by atomic mass is 9.97. The molecule has 0 spiro atoms. The van der Waals surface area contributed by atoms with Gasteiger partial charge in [-0.2, -0.15) is 0 Å². The van der Waals surface area contributed by atoms with Crippen molar-refractivity contribution in [2.24, 2.45) is 11.7 Å². The van der Waals surface area contributed by atoms with E-state index in [1.807, 2.05) is 18.2 Å². The average molecular weight is 221 g/mol. The van der Waals surface area contributed by atoms with Gasteiger partial charge in [-0.15, -0.1) is 0 Å². The quantitative estimate of drug-likeness (QED) is 0.740. The molecule has 0 amide bonds. The number of carboxylic acids is 1. The number of benzene rings is 1. The predicted molar refractivity (Wildman–Crippen MR) is 64.2 cm³/mol. The Hall–Kier alpha value is -1.35. The van der Waals surface area contributed by atoms with Crippen molar-refractivity contribution >= 4 is 5.97 Å². The SMILES string of the molecule is NCCC(CCCc1ccccc1)C(=O)O. The molecule has 3 heteroatoms. The maximum absolute atomic E-state index is 10.9. The van der Waals surface area contributed by atoms with Gasteiger partial charge in [0.15, 0.2) is 0 Å². The van der Waals surface area contributed by atoms with E-state index >= 15 is 0 Å². The molecule has 1 atom stereocenters. The van der Waals surface area contributed by atoms with Crippen LogP contribution in [0.25, 0.3) is 0 Å². The number of aliphatic carboxylic acids is 1. The molecule has 0 aliphatic carbocycles. The monoisotopic (exact) mass is 221 g/mol. The Morgan fingerprint density at radius 3 is 2.50 bits per heavy atom. The Morgan fingerprint density at radius 2 is 1.94 bits per heavy atom. The highest BCUT2D eigenvalue weighted by molar-refractivity contribution is 5.69. The zero-order chi connectivity index (χ0) is 11.8. The van der Waals surface area contributed by atoms with Gasteiger partial charge in [0.2, 0.25) is 0 Å². The molecule has 0 aliphatic heterocycles. The van der Waals surface area contributed by atoms with Gasteiger partial charge in [-0.3, -0.25) is 4.79 Å². The molecular weight excluding hydrogens is 202 g/mol. The van der Waals surface area contributed by atoms with Crippen LogP contribution in [0.4, 0.5) is 0 Å². The topological polar surface area (TPSA) is 63.3 Å². The smallest absolute Gasteiger partial charge is 0.306 e. The molecule has 1 unspecified atom stereocenters. The predicted octanol–water partition coefficient (Wildman–Crippen LogP) is 2.06. The van der Waals surface area contributed by atoms with Crippen LogP contribution in [0.3, 0.4) is 0 Å². The Labute approximate surface area is 96.3 Å². The van der Waals surface area contributed by atoms with Crippen molar-refractivity contribution in [3.63, 3.8) is 0 Å². The van der Waals surface area contributed by atoms with Crippen LogP contribution in [-0.4, -0.2) is 17.6 Å². The summed E-state index contributed by atoms with van der Waals surface area (Å²) in [4.78, 5) is 10.9. The fourth-order valence-electron chi connectivity index (χ4n) is 1.79. The molecule has 0 saturated carbocycles. The first kappa shape index (κ1) is 12.7. The van der Waals surface area contributed by atoms with E-state index in [4.69, 9.17) is 10.8 Å². The van der Waals surface area contributed by atoms with Crippen molar-refractivity contribution in [2.75, 3.05) is 6.54 Å². The number of aryl methyl sites for hydroxylation is 1. The summed E-state index contributed by atoms with van der Waals surface area (Å²) in [5.41, 5.74) is 6.65. The summed E-state index contributed by atoms with van der Waals surface area (Å²) in [7, 11) is 0. The number of hydrogen-bond donors (Lipinski definition) is 2. The molecule has 0 aliphatic rings. The summed E-state index contributed by atoms with van der Waals surface area (Å²) >= 11 is 0. The molecule has 88 valence electrons. The van der Waals surface area contributed by atoms with Gasteiger partial charge in [-0.25, -0.2) is 0 Å². The van der Waals surface area contributed by atoms with E-state index < -0.39 is 5.97 Å². The summed E-state index contributed by atoms with van der Waals surface area (Å²) in [5, 5.41) is 8.95. The van der Waals surface area contributed by atoms with E-state index in [1.165, 1.54) is 5.56 Å². The molecule has 0 radical (unpaired) electrons. The van der Waals surface area contributed by atoms with Crippen LogP contribution >= 0.6 is 0 Å². The third-order valence-electron chi connectivity index (χ3n) is 2.73. The first-order valence-electron chi connectivity index (χ1n) is 5.71. The van der Waals surface area contributed by atoms with E-state index in [2.05, 4.69) is 12.1 Å². The lowest BCUT2D eigenvalue weighted by molar-refractivity contribution is -0.142. The van der Waals surface area contributed by atoms with Gasteiger partial charge in [0, 0.05) is 0 Å². The third kappa shape index (κ3) is 4.45. The van der Waals surface area contributed by atoms with Crippen molar-refractivity contribution in [1.29, 1.82) is 0 Å². The second-order valence-electron chi connectivity index (χ2n) is 3.99. The zero-order valence-electron chi connectivity index (χ0n) is 9.43. The van der Waals surface area contributed by atoms with E-state index in [1.54, 1.807) is 0 Å². The third-order valence-corrected chi connectivity index (χ3v) is 2.73. The lowest BCUT2D eigenvalue weighted by Gasteiger charge is -2.10. The van der Waals surface area contributed by atoms with E-state index in [-0.39, 0.29) is 5.92 Å². The van der Waals surface area contributed by atoms with Crippen LogP contribution in [0.5, 0.6) is 0 Å². The van der Waals surface area contributed by atoms with Gasteiger partial charge in [0.05, 0.1) is 5.92 Å². The van der Waals surface area contributed by atoms with E-state index in [9.17, 15) is 4.79 Å². The van der Waals surface area contributed by atoms with Gasteiger partial charge in [-0.1, -0.05) is 30.3 Å². The highest BCUT2D eigenvalue weighted by Gasteiger charge is 2.15. The van der Waals surface area contributed by atoms with Gasteiger partial charge < -0.3 is 10.8 Å². The highest BCUT2D eigenvalue weighted by atomic mass is 16.4. The summed E-state index contributed by atoms with van der Waals surface area (Å²) in [6.07, 6.45) is 3.13. The maximum Gasteiger partial charge on any atom is 0.306 e. The van der Waals surface area contributed by atoms with E-state index in [0.717, 1.165) is 12.8 Å². The van der Waals surface area contributed by atoms with Crippen LogP contribution in [0, 0.1) is 5.92 Å². The second kappa shape index (κ2) is 7.01. The minimum atomic E-state index is -0.724. The number of nitrogens with two attached hydrogens (primary N) is 1. The number of carbonyl (C=O) groups is 1. The molecule has 3 nitrogen and oxygen atoms in total. The standard InChI is InChI=1S/C13H19NO2/c14-10-9-12(13(15)16)8-4-7-11-5-2-1-3-6-11/h1-3,5-6,12H,4,7-10,14H2,(H,15,16). The zero-order valence-corrected chi connectivity index (χ0v) is 9.43. The van der Waals surface area contributed by atoms with Crippen LogP contribution in [0.2, 0.25) is 0 Å². The van der Waals surface area contributed by atoms with Crippen LogP contribution < -0.4 is 5.73 Å². The van der Waals surface area contributed by atoms with E-state index in [0.29, 0.717) is 19.4 Å². The van der Waals surface area contributed by atoms with Gasteiger partial charge in [-0.05, 0) is 37.8 Å². The second-order valence-corrected chi connectivity index (χ2v) is 3.99. The van der Waals surface area contributed by atoms with Gasteiger partial charge in [0.25, 0.3) is 0 Å². The number of rotatable bonds is 7. The molecule has 16 heavy (non-hydrogen) atoms. The van der Waals surface area contributed by atoms with Crippen molar-refractivity contribution < 1.29 is 9.90 Å². The molecule has 1 aromatic carbocycles. The summed E-state index contributed by atoms with van der Waals surface area (Å²) in [6, 6.07) is 10.1. The van der Waals surface area contributed by atoms with Crippen molar-refractivity contribution in [3.05, 3.63) is 35.9 Å². The minimum Gasteiger partial charge on any atom is -0.481 e. The molecule has 1 rings (SSSR count). The Balaban J connectivity index is 2.31. The molecule has 1 aromatic rings. The summed E-state index contributed by atoms with van der Waals surface area (Å²) in [6.45, 7) is 0.447. The highest BCUT2D eigenvalue weighted by Crippen LogP contribution is 2.13. The summed E-state index contributed by atoms with van der Waals surface area (Å²) < 4.78 is 0.